The molecule has 0 spiro atoms. The molecule has 0 aromatic heterocycles. The van der Waals surface area contributed by atoms with E-state index in [1.165, 1.54) is 13.2 Å². The number of hydrogen-bond donors (Lipinski definition) is 0. The first-order chi connectivity index (χ1) is 17.5. The Kier molecular flexibility index (Phi) is 6.12. The summed E-state index contributed by atoms with van der Waals surface area (Å²) in [5, 5.41) is 11.9. The van der Waals surface area contributed by atoms with Crippen molar-refractivity contribution in [3.63, 3.8) is 0 Å². The molecule has 0 aliphatic carbocycles. The van der Waals surface area contributed by atoms with E-state index in [-0.39, 0.29) is 17.3 Å². The molecule has 1 atom stereocenters. The number of amides is 1. The Balaban J connectivity index is 1.75. The molecule has 4 aromatic rings. The molecular weight excluding hydrogens is 454 g/mol. The highest BCUT2D eigenvalue weighted by molar-refractivity contribution is 6.12. The Morgan fingerprint density at radius 3 is 2.31 bits per heavy atom. The smallest absolute Gasteiger partial charge is 0.311 e. The summed E-state index contributed by atoms with van der Waals surface area (Å²) in [4.78, 5) is 29.2. The van der Waals surface area contributed by atoms with E-state index < -0.39 is 11.1 Å². The number of carbonyl (C=O) groups is 1. The minimum absolute atomic E-state index is 0.148. The Labute approximate surface area is 209 Å². The van der Waals surface area contributed by atoms with Crippen LogP contribution in [0.2, 0.25) is 0 Å². The second-order valence-electron chi connectivity index (χ2n) is 8.70. The SMILES string of the molecule is COc1ccc([C@H]2N(Cc3ccccc3)c3ccccc3C(=O)N2c2ccc(C)cc2)cc1[N+](=O)[O-]. The lowest BCUT2D eigenvalue weighted by Gasteiger charge is -2.46. The van der Waals surface area contributed by atoms with Crippen molar-refractivity contribution >= 4 is 23.0 Å². The molecule has 7 heteroatoms. The van der Waals surface area contributed by atoms with Crippen molar-refractivity contribution in [1.82, 2.24) is 0 Å². The number of benzene rings is 4. The molecule has 0 bridgehead atoms. The van der Waals surface area contributed by atoms with Crippen molar-refractivity contribution in [2.45, 2.75) is 19.6 Å². The van der Waals surface area contributed by atoms with Crippen molar-refractivity contribution in [3.8, 4) is 5.75 Å². The van der Waals surface area contributed by atoms with Crippen LogP contribution >= 0.6 is 0 Å². The standard InChI is InChI=1S/C29H25N3O4/c1-20-12-15-23(16-13-20)31-28(22-14-17-27(36-2)26(18-22)32(34)35)30(19-21-8-4-3-5-9-21)25-11-7-6-10-24(25)29(31)33/h3-18,28H,19H2,1-2H3/t28-/m0/s1. The highest BCUT2D eigenvalue weighted by Gasteiger charge is 2.40. The molecule has 1 heterocycles. The van der Waals surface area contributed by atoms with Crippen LogP contribution < -0.4 is 14.5 Å². The summed E-state index contributed by atoms with van der Waals surface area (Å²) in [6.45, 7) is 2.49. The quantitative estimate of drug-likeness (QED) is 0.240. The van der Waals surface area contributed by atoms with Crippen LogP contribution in [0.1, 0.15) is 33.2 Å². The van der Waals surface area contributed by atoms with Gasteiger partial charge in [0.2, 0.25) is 0 Å². The first-order valence-electron chi connectivity index (χ1n) is 11.6. The number of hydrogen-bond acceptors (Lipinski definition) is 5. The lowest BCUT2D eigenvalue weighted by atomic mass is 9.98. The van der Waals surface area contributed by atoms with Crippen molar-refractivity contribution in [2.75, 3.05) is 16.9 Å². The highest BCUT2D eigenvalue weighted by atomic mass is 16.6. The average Bonchev–Trinajstić information content (AvgIpc) is 2.91. The highest BCUT2D eigenvalue weighted by Crippen LogP contribution is 2.44. The van der Waals surface area contributed by atoms with Gasteiger partial charge >= 0.3 is 5.69 Å². The van der Waals surface area contributed by atoms with Gasteiger partial charge in [0.1, 0.15) is 6.17 Å². The van der Waals surface area contributed by atoms with Gasteiger partial charge in [0, 0.05) is 23.9 Å². The van der Waals surface area contributed by atoms with Gasteiger partial charge in [0.25, 0.3) is 5.91 Å². The maximum atomic E-state index is 14.0. The second-order valence-corrected chi connectivity index (χ2v) is 8.70. The fraction of sp³-hybridized carbons (Fsp3) is 0.138. The van der Waals surface area contributed by atoms with Gasteiger partial charge < -0.3 is 9.64 Å². The number of para-hydroxylation sites is 1. The maximum Gasteiger partial charge on any atom is 0.311 e. The largest absolute Gasteiger partial charge is 0.490 e. The molecule has 1 aliphatic heterocycles. The van der Waals surface area contributed by atoms with Gasteiger partial charge in [-0.15, -0.1) is 0 Å². The Bertz CT molecular complexity index is 1420. The Morgan fingerprint density at radius 2 is 1.61 bits per heavy atom. The van der Waals surface area contributed by atoms with Crippen molar-refractivity contribution in [3.05, 3.63) is 129 Å². The molecule has 7 nitrogen and oxygen atoms in total. The second kappa shape index (κ2) is 9.54. The van der Waals surface area contributed by atoms with Gasteiger partial charge in [-0.3, -0.25) is 19.8 Å². The van der Waals surface area contributed by atoms with E-state index in [0.717, 1.165) is 16.8 Å². The normalized spacial score (nSPS) is 14.9. The van der Waals surface area contributed by atoms with Gasteiger partial charge in [0.15, 0.2) is 5.75 Å². The zero-order valence-electron chi connectivity index (χ0n) is 20.0. The molecule has 0 N–H and O–H groups in total. The van der Waals surface area contributed by atoms with Gasteiger partial charge in [-0.1, -0.05) is 66.2 Å². The van der Waals surface area contributed by atoms with Gasteiger partial charge in [-0.05, 0) is 42.8 Å². The number of rotatable bonds is 6. The minimum atomic E-state index is -0.625. The fourth-order valence-corrected chi connectivity index (χ4v) is 4.67. The molecule has 0 saturated carbocycles. The van der Waals surface area contributed by atoms with E-state index in [9.17, 15) is 14.9 Å². The summed E-state index contributed by atoms with van der Waals surface area (Å²) in [7, 11) is 1.41. The Morgan fingerprint density at radius 1 is 0.917 bits per heavy atom. The lowest BCUT2D eigenvalue weighted by Crippen LogP contribution is -2.49. The van der Waals surface area contributed by atoms with Crippen LogP contribution in [-0.2, 0) is 6.54 Å². The molecule has 0 radical (unpaired) electrons. The minimum Gasteiger partial charge on any atom is -0.490 e. The average molecular weight is 480 g/mol. The fourth-order valence-electron chi connectivity index (χ4n) is 4.67. The number of ether oxygens (including phenoxy) is 1. The molecule has 36 heavy (non-hydrogen) atoms. The maximum absolute atomic E-state index is 14.0. The summed E-state index contributed by atoms with van der Waals surface area (Å²) in [5.74, 6) is 0.00465. The monoisotopic (exact) mass is 479 g/mol. The number of carbonyl (C=O) groups excluding carboxylic acids is 1. The van der Waals surface area contributed by atoms with E-state index >= 15 is 0 Å². The lowest BCUT2D eigenvalue weighted by molar-refractivity contribution is -0.385. The van der Waals surface area contributed by atoms with Crippen LogP contribution in [-0.4, -0.2) is 17.9 Å². The summed E-state index contributed by atoms with van der Waals surface area (Å²) < 4.78 is 5.24. The number of anilines is 2. The summed E-state index contributed by atoms with van der Waals surface area (Å²) in [6, 6.07) is 30.1. The van der Waals surface area contributed by atoms with Crippen LogP contribution in [0.5, 0.6) is 5.75 Å². The van der Waals surface area contributed by atoms with E-state index in [0.29, 0.717) is 23.4 Å². The van der Waals surface area contributed by atoms with E-state index in [1.54, 1.807) is 17.0 Å². The number of nitro benzene ring substituents is 1. The van der Waals surface area contributed by atoms with Crippen LogP contribution in [0.3, 0.4) is 0 Å². The van der Waals surface area contributed by atoms with E-state index in [4.69, 9.17) is 4.74 Å². The zero-order valence-corrected chi connectivity index (χ0v) is 20.0. The van der Waals surface area contributed by atoms with Gasteiger partial charge in [-0.25, -0.2) is 0 Å². The number of aryl methyl sites for hydroxylation is 1. The van der Waals surface area contributed by atoms with Crippen LogP contribution in [0, 0.1) is 17.0 Å². The molecule has 0 fully saturated rings. The number of fused-ring (bicyclic) bond motifs is 1. The predicted octanol–water partition coefficient (Wildman–Crippen LogP) is 6.28. The molecule has 1 amide bonds. The third kappa shape index (κ3) is 4.15. The summed E-state index contributed by atoms with van der Waals surface area (Å²) >= 11 is 0. The molecular formula is C29H25N3O4. The summed E-state index contributed by atoms with van der Waals surface area (Å²) in [6.07, 6.45) is -0.625. The van der Waals surface area contributed by atoms with Gasteiger partial charge in [0.05, 0.1) is 23.3 Å². The van der Waals surface area contributed by atoms with Gasteiger partial charge in [-0.2, -0.15) is 0 Å². The first kappa shape index (κ1) is 23.1. The zero-order chi connectivity index (χ0) is 25.2. The number of methoxy groups -OCH3 is 1. The molecule has 1 aliphatic rings. The molecule has 180 valence electrons. The van der Waals surface area contributed by atoms with Crippen molar-refractivity contribution in [1.29, 1.82) is 0 Å². The topological polar surface area (TPSA) is 75.9 Å². The predicted molar refractivity (Wildman–Crippen MR) is 139 cm³/mol. The number of nitro groups is 1. The molecule has 4 aromatic carbocycles. The van der Waals surface area contributed by atoms with Crippen molar-refractivity contribution < 1.29 is 14.5 Å². The Hall–Kier alpha value is -4.65. The third-order valence-electron chi connectivity index (χ3n) is 6.41. The van der Waals surface area contributed by atoms with Crippen LogP contribution in [0.15, 0.2) is 97.1 Å². The first-order valence-corrected chi connectivity index (χ1v) is 11.6. The molecule has 0 unspecified atom stereocenters. The number of nitrogens with zero attached hydrogens (tertiary/aromatic N) is 3. The molecule has 5 rings (SSSR count). The van der Waals surface area contributed by atoms with Crippen LogP contribution in [0.4, 0.5) is 17.1 Å². The van der Waals surface area contributed by atoms with E-state index in [2.05, 4.69) is 4.90 Å². The van der Waals surface area contributed by atoms with Crippen molar-refractivity contribution in [2.24, 2.45) is 0 Å². The summed E-state index contributed by atoms with van der Waals surface area (Å²) in [5.41, 5.74) is 4.65. The van der Waals surface area contributed by atoms with E-state index in [1.807, 2.05) is 85.8 Å². The molecule has 0 saturated heterocycles. The third-order valence-corrected chi connectivity index (χ3v) is 6.41. The van der Waals surface area contributed by atoms with Crippen LogP contribution in [0.25, 0.3) is 0 Å².